The number of nitrogens with zero attached hydrogens (tertiary/aromatic N) is 2. The predicted molar refractivity (Wildman–Crippen MR) is 152 cm³/mol. The molecular weight excluding hydrogens is 532 g/mol. The Morgan fingerprint density at radius 1 is 0.683 bits per heavy atom. The zero-order chi connectivity index (χ0) is 32.2. The lowest BCUT2D eigenvalue weighted by Gasteiger charge is -2.12. The SMILES string of the molecule is CC(C)CC(=O)OC(C)C.CC(C)OC(=O)C(=Nc1ccccc1)C(C)C.O=C=O.O=C=O.O=Nc1ccccc1. The van der Waals surface area contributed by atoms with Crippen LogP contribution in [0.1, 0.15) is 61.8 Å². The monoisotopic (exact) mass is 572 g/mol. The van der Waals surface area contributed by atoms with Crippen molar-refractivity contribution in [1.82, 2.24) is 0 Å². The highest BCUT2D eigenvalue weighted by molar-refractivity contribution is 6.37. The third kappa shape index (κ3) is 28.2. The maximum absolute atomic E-state index is 11.8. The summed E-state index contributed by atoms with van der Waals surface area (Å²) in [6.07, 6.45) is 0.923. The first-order valence-electron chi connectivity index (χ1n) is 12.7. The molecule has 0 saturated carbocycles. The van der Waals surface area contributed by atoms with Gasteiger partial charge in [-0.25, -0.2) is 9.79 Å². The second kappa shape index (κ2) is 27.0. The Labute approximate surface area is 241 Å². The molecule has 41 heavy (non-hydrogen) atoms. The molecule has 0 spiro atoms. The molecule has 224 valence electrons. The van der Waals surface area contributed by atoms with E-state index in [1.165, 1.54) is 0 Å². The molecule has 0 amide bonds. The first kappa shape index (κ1) is 40.9. The van der Waals surface area contributed by atoms with Crippen molar-refractivity contribution in [3.63, 3.8) is 0 Å². The van der Waals surface area contributed by atoms with Crippen molar-refractivity contribution in [2.24, 2.45) is 22.0 Å². The van der Waals surface area contributed by atoms with Crippen molar-refractivity contribution in [3.8, 4) is 0 Å². The van der Waals surface area contributed by atoms with Crippen LogP contribution in [0.25, 0.3) is 0 Å². The topological polar surface area (TPSA) is 163 Å². The van der Waals surface area contributed by atoms with E-state index in [-0.39, 0.29) is 42.4 Å². The molecule has 11 nitrogen and oxygen atoms in total. The van der Waals surface area contributed by atoms with E-state index in [2.05, 4.69) is 10.2 Å². The summed E-state index contributed by atoms with van der Waals surface area (Å²) in [5.41, 5.74) is 1.72. The maximum Gasteiger partial charge on any atom is 0.373 e. The van der Waals surface area contributed by atoms with Gasteiger partial charge in [-0.3, -0.25) is 4.79 Å². The average molecular weight is 573 g/mol. The van der Waals surface area contributed by atoms with Crippen LogP contribution in [-0.2, 0) is 38.2 Å². The summed E-state index contributed by atoms with van der Waals surface area (Å²) < 4.78 is 10.1. The van der Waals surface area contributed by atoms with Crippen molar-refractivity contribution >= 4 is 41.3 Å². The lowest BCUT2D eigenvalue weighted by atomic mass is 10.1. The summed E-state index contributed by atoms with van der Waals surface area (Å²) in [7, 11) is 0. The van der Waals surface area contributed by atoms with E-state index in [4.69, 9.17) is 28.7 Å². The number of ether oxygens (including phenoxy) is 2. The van der Waals surface area contributed by atoms with Crippen molar-refractivity contribution in [2.75, 3.05) is 0 Å². The van der Waals surface area contributed by atoms with Crippen LogP contribution >= 0.6 is 0 Å². The van der Waals surface area contributed by atoms with Crippen LogP contribution in [0.5, 0.6) is 0 Å². The largest absolute Gasteiger partial charge is 0.463 e. The molecule has 2 aromatic carbocycles. The van der Waals surface area contributed by atoms with Gasteiger partial charge >= 0.3 is 24.2 Å². The van der Waals surface area contributed by atoms with Gasteiger partial charge in [0.05, 0.1) is 17.9 Å². The molecule has 0 heterocycles. The molecule has 0 radical (unpaired) electrons. The number of rotatable bonds is 8. The van der Waals surface area contributed by atoms with Crippen LogP contribution < -0.4 is 0 Å². The Morgan fingerprint density at radius 3 is 1.37 bits per heavy atom. The van der Waals surface area contributed by atoms with Gasteiger partial charge in [-0.1, -0.05) is 64.1 Å². The third-order valence-electron chi connectivity index (χ3n) is 3.91. The van der Waals surface area contributed by atoms with E-state index in [0.717, 1.165) is 5.69 Å². The molecule has 0 aliphatic rings. The number of esters is 2. The first-order chi connectivity index (χ1) is 19.3. The van der Waals surface area contributed by atoms with Gasteiger partial charge in [0.2, 0.25) is 0 Å². The van der Waals surface area contributed by atoms with Crippen LogP contribution in [-0.4, -0.2) is 42.2 Å². The molecule has 0 aliphatic carbocycles. The third-order valence-corrected chi connectivity index (χ3v) is 3.91. The van der Waals surface area contributed by atoms with Gasteiger partial charge in [0, 0.05) is 12.3 Å². The van der Waals surface area contributed by atoms with Crippen molar-refractivity contribution < 1.29 is 38.2 Å². The maximum atomic E-state index is 11.8. The van der Waals surface area contributed by atoms with E-state index in [9.17, 15) is 14.5 Å². The Bertz CT molecular complexity index is 1050. The zero-order valence-electron chi connectivity index (χ0n) is 24.9. The minimum Gasteiger partial charge on any atom is -0.463 e. The van der Waals surface area contributed by atoms with Crippen LogP contribution in [0.3, 0.4) is 0 Å². The first-order valence-corrected chi connectivity index (χ1v) is 12.7. The summed E-state index contributed by atoms with van der Waals surface area (Å²) >= 11 is 0. The normalized spacial score (nSPS) is 9.61. The summed E-state index contributed by atoms with van der Waals surface area (Å²) in [6.45, 7) is 15.3. The highest BCUT2D eigenvalue weighted by Crippen LogP contribution is 2.14. The number of para-hydroxylation sites is 1. The van der Waals surface area contributed by atoms with Gasteiger partial charge < -0.3 is 9.47 Å². The van der Waals surface area contributed by atoms with E-state index in [1.807, 2.05) is 91.8 Å². The van der Waals surface area contributed by atoms with Crippen molar-refractivity contribution in [3.05, 3.63) is 65.6 Å². The Balaban J connectivity index is -0.000000512. The van der Waals surface area contributed by atoms with Crippen molar-refractivity contribution in [1.29, 1.82) is 0 Å². The van der Waals surface area contributed by atoms with Crippen LogP contribution in [0, 0.1) is 16.7 Å². The van der Waals surface area contributed by atoms with Gasteiger partial charge in [-0.2, -0.15) is 19.2 Å². The summed E-state index contributed by atoms with van der Waals surface area (Å²) in [6, 6.07) is 18.1. The van der Waals surface area contributed by atoms with Gasteiger partial charge in [0.1, 0.15) is 11.4 Å². The number of hydrogen-bond acceptors (Lipinski definition) is 11. The molecule has 2 rings (SSSR count). The summed E-state index contributed by atoms with van der Waals surface area (Å²) in [4.78, 5) is 69.3. The Hall–Kier alpha value is -4.59. The van der Waals surface area contributed by atoms with Crippen LogP contribution in [0.4, 0.5) is 11.4 Å². The fraction of sp³-hybridized carbons (Fsp3) is 0.433. The summed E-state index contributed by atoms with van der Waals surface area (Å²) in [5, 5.41) is 2.72. The molecular formula is C30H40N2O9. The van der Waals surface area contributed by atoms with E-state index in [1.54, 1.807) is 24.3 Å². The smallest absolute Gasteiger partial charge is 0.373 e. The van der Waals surface area contributed by atoms with Gasteiger partial charge in [0.25, 0.3) is 0 Å². The predicted octanol–water partition coefficient (Wildman–Crippen LogP) is 6.27. The fourth-order valence-electron chi connectivity index (χ4n) is 2.46. The molecule has 0 aromatic heterocycles. The lowest BCUT2D eigenvalue weighted by Crippen LogP contribution is -2.25. The number of nitroso groups, excluding NO2 is 1. The van der Waals surface area contributed by atoms with Gasteiger partial charge in [-0.05, 0) is 63.1 Å². The second-order valence-electron chi connectivity index (χ2n) is 9.17. The highest BCUT2D eigenvalue weighted by atomic mass is 16.5. The number of benzene rings is 2. The molecule has 2 aromatic rings. The molecule has 0 saturated heterocycles. The number of aliphatic imine (C=N–C) groups is 1. The van der Waals surface area contributed by atoms with E-state index >= 15 is 0 Å². The molecule has 0 atom stereocenters. The van der Waals surface area contributed by atoms with Gasteiger partial charge in [0.15, 0.2) is 0 Å². The van der Waals surface area contributed by atoms with Gasteiger partial charge in [-0.15, -0.1) is 4.91 Å². The molecule has 0 bridgehead atoms. The lowest BCUT2D eigenvalue weighted by molar-refractivity contribution is -0.193. The van der Waals surface area contributed by atoms with E-state index in [0.29, 0.717) is 23.7 Å². The Kier molecular flexibility index (Phi) is 26.9. The minimum atomic E-state index is -0.334. The quantitative estimate of drug-likeness (QED) is 0.201. The molecule has 0 unspecified atom stereocenters. The van der Waals surface area contributed by atoms with Crippen LogP contribution in [0.15, 0.2) is 70.8 Å². The molecule has 11 heteroatoms. The molecule has 0 N–H and O–H groups in total. The standard InChI is InChI=1S/C14H19NO2.C8H16O2.C6H5NO.2CO2/c1-10(2)13(14(16)17-11(3)4)15-12-8-6-5-7-9-12;1-6(2)5-8(9)10-7(3)4;8-7-6-4-2-1-3-5-6;2*2-1-3/h5-11H,1-4H3;6-7H,5H2,1-4H3;1-5H;;. The second-order valence-corrected chi connectivity index (χ2v) is 9.17. The highest BCUT2D eigenvalue weighted by Gasteiger charge is 2.18. The molecule has 0 fully saturated rings. The zero-order valence-corrected chi connectivity index (χ0v) is 24.9. The number of carbonyl (C=O) groups is 2. The van der Waals surface area contributed by atoms with Crippen LogP contribution in [0.2, 0.25) is 0 Å². The number of carbonyl (C=O) groups excluding carboxylic acids is 6. The Morgan fingerprint density at radius 2 is 1.07 bits per heavy atom. The average Bonchev–Trinajstić information content (AvgIpc) is 2.88. The van der Waals surface area contributed by atoms with Crippen molar-refractivity contribution in [2.45, 2.75) is 74.0 Å². The minimum absolute atomic E-state index is 0.0197. The molecule has 0 aliphatic heterocycles. The summed E-state index contributed by atoms with van der Waals surface area (Å²) in [5.74, 6) is 0.0107. The fourth-order valence-corrected chi connectivity index (χ4v) is 2.46. The van der Waals surface area contributed by atoms with E-state index < -0.39 is 0 Å². The number of hydrogen-bond donors (Lipinski definition) is 0.